The first-order valence-corrected chi connectivity index (χ1v) is 11.7. The number of nitrogens with zero attached hydrogens (tertiary/aromatic N) is 2. The molecule has 0 aliphatic carbocycles. The number of fused-ring (bicyclic) bond motifs is 1. The number of hydrogen-bond acceptors (Lipinski definition) is 6. The second kappa shape index (κ2) is 8.83. The topological polar surface area (TPSA) is 87.2 Å². The summed E-state index contributed by atoms with van der Waals surface area (Å²) in [5, 5.41) is 10.4. The third-order valence-corrected chi connectivity index (χ3v) is 7.87. The van der Waals surface area contributed by atoms with Crippen molar-refractivity contribution in [3.8, 4) is 0 Å². The smallest absolute Gasteiger partial charge is 0.330 e. The molecule has 2 saturated heterocycles. The Labute approximate surface area is 197 Å². The first-order valence-electron chi connectivity index (χ1n) is 10.8. The summed E-state index contributed by atoms with van der Waals surface area (Å²) in [7, 11) is 1.58. The normalized spacial score (nSPS) is 24.0. The molecule has 0 radical (unpaired) electrons. The van der Waals surface area contributed by atoms with Crippen molar-refractivity contribution in [3.05, 3.63) is 65.7 Å². The molecule has 0 aromatic heterocycles. The van der Waals surface area contributed by atoms with Gasteiger partial charge in [-0.3, -0.25) is 9.59 Å². The predicted octanol–water partition coefficient (Wildman–Crippen LogP) is 2.74. The number of benzene rings is 2. The van der Waals surface area contributed by atoms with Crippen LogP contribution in [-0.4, -0.2) is 57.1 Å². The fraction of sp³-hybridized carbons (Fsp3) is 0.400. The van der Waals surface area contributed by atoms with Crippen LogP contribution < -0.4 is 4.90 Å². The SMILES string of the molecule is Cc1ccc(N(C)C(=O)[C@@H](O)[C@@H]2C(=O)N3[C@@H]2SC(C)(C)[C@@H]3C(=O)OCc2ccccc2)cc1. The first-order chi connectivity index (χ1) is 15.6. The highest BCUT2D eigenvalue weighted by Crippen LogP contribution is 2.54. The van der Waals surface area contributed by atoms with Gasteiger partial charge in [0.2, 0.25) is 5.91 Å². The van der Waals surface area contributed by atoms with E-state index in [0.29, 0.717) is 5.69 Å². The van der Waals surface area contributed by atoms with Crippen molar-refractivity contribution in [3.63, 3.8) is 0 Å². The van der Waals surface area contributed by atoms with E-state index in [0.717, 1.165) is 11.1 Å². The lowest BCUT2D eigenvalue weighted by Crippen LogP contribution is -2.67. The minimum absolute atomic E-state index is 0.121. The molecule has 2 amide bonds. The van der Waals surface area contributed by atoms with Crippen LogP contribution in [-0.2, 0) is 25.7 Å². The second-order valence-corrected chi connectivity index (χ2v) is 10.8. The highest BCUT2D eigenvalue weighted by molar-refractivity contribution is 8.01. The molecule has 2 heterocycles. The minimum Gasteiger partial charge on any atom is -0.459 e. The first kappa shape index (κ1) is 23.3. The number of rotatable bonds is 6. The number of esters is 1. The van der Waals surface area contributed by atoms with Crippen molar-refractivity contribution in [1.29, 1.82) is 0 Å². The Bertz CT molecular complexity index is 1060. The summed E-state index contributed by atoms with van der Waals surface area (Å²) in [4.78, 5) is 41.7. The van der Waals surface area contributed by atoms with Gasteiger partial charge in [0.15, 0.2) is 0 Å². The zero-order valence-corrected chi connectivity index (χ0v) is 19.9. The quantitative estimate of drug-likeness (QED) is 0.518. The maximum absolute atomic E-state index is 13.0. The molecule has 4 atom stereocenters. The van der Waals surface area contributed by atoms with E-state index >= 15 is 0 Å². The molecule has 2 aliphatic heterocycles. The van der Waals surface area contributed by atoms with Crippen LogP contribution in [0.25, 0.3) is 0 Å². The zero-order chi connectivity index (χ0) is 23.9. The highest BCUT2D eigenvalue weighted by Gasteiger charge is 2.66. The molecule has 1 N–H and O–H groups in total. The molecule has 0 spiro atoms. The summed E-state index contributed by atoms with van der Waals surface area (Å²) in [6.07, 6.45) is -1.49. The van der Waals surface area contributed by atoms with Crippen LogP contribution >= 0.6 is 11.8 Å². The molecule has 0 saturated carbocycles. The number of carbonyl (C=O) groups is 3. The summed E-state index contributed by atoms with van der Waals surface area (Å²) in [6, 6.07) is 15.9. The molecule has 174 valence electrons. The molecular formula is C25H28N2O5S. The van der Waals surface area contributed by atoms with Crippen LogP contribution in [0.1, 0.15) is 25.0 Å². The standard InChI is InChI=1S/C25H28N2O5S/c1-15-10-12-17(13-11-15)26(4)22(30)19(28)18-21(29)27-20(25(2,3)33-23(18)27)24(31)32-14-16-8-6-5-7-9-16/h5-13,18-20,23,28H,14H2,1-4H3/t18-,19+,20+,23-/m1/s1. The average Bonchev–Trinajstić information content (AvgIpc) is 3.04. The predicted molar refractivity (Wildman–Crippen MR) is 126 cm³/mol. The summed E-state index contributed by atoms with van der Waals surface area (Å²) >= 11 is 1.42. The summed E-state index contributed by atoms with van der Waals surface area (Å²) in [5.41, 5.74) is 2.55. The van der Waals surface area contributed by atoms with Gasteiger partial charge in [-0.25, -0.2) is 4.79 Å². The van der Waals surface area contributed by atoms with Gasteiger partial charge in [-0.2, -0.15) is 0 Å². The van der Waals surface area contributed by atoms with E-state index in [1.165, 1.54) is 21.6 Å². The Morgan fingerprint density at radius 1 is 1.15 bits per heavy atom. The fourth-order valence-corrected chi connectivity index (χ4v) is 6.08. The number of anilines is 1. The molecule has 0 unspecified atom stereocenters. The van der Waals surface area contributed by atoms with Crippen molar-refractivity contribution >= 4 is 35.2 Å². The Balaban J connectivity index is 1.45. The van der Waals surface area contributed by atoms with Crippen molar-refractivity contribution in [2.45, 2.75) is 49.6 Å². The Morgan fingerprint density at radius 2 is 1.79 bits per heavy atom. The Morgan fingerprint density at radius 3 is 2.42 bits per heavy atom. The summed E-state index contributed by atoms with van der Waals surface area (Å²) < 4.78 is 4.90. The molecule has 7 nitrogen and oxygen atoms in total. The fourth-order valence-electron chi connectivity index (χ4n) is 4.37. The number of β-lactam (4-membered cyclic amide) rings is 1. The van der Waals surface area contributed by atoms with Gasteiger partial charge in [-0.05, 0) is 38.5 Å². The number of carbonyl (C=O) groups excluding carboxylic acids is 3. The molecular weight excluding hydrogens is 440 g/mol. The highest BCUT2D eigenvalue weighted by atomic mass is 32.2. The van der Waals surface area contributed by atoms with Crippen molar-refractivity contribution in [1.82, 2.24) is 4.90 Å². The number of aliphatic hydroxyl groups is 1. The lowest BCUT2D eigenvalue weighted by atomic mass is 9.87. The molecule has 2 fully saturated rings. The summed E-state index contributed by atoms with van der Waals surface area (Å²) in [6.45, 7) is 5.82. The van der Waals surface area contributed by atoms with Gasteiger partial charge >= 0.3 is 5.97 Å². The van der Waals surface area contributed by atoms with E-state index in [1.807, 2.05) is 63.2 Å². The van der Waals surface area contributed by atoms with Gasteiger partial charge in [0, 0.05) is 17.5 Å². The van der Waals surface area contributed by atoms with Crippen LogP contribution in [0.4, 0.5) is 5.69 Å². The number of hydrogen-bond donors (Lipinski definition) is 1. The van der Waals surface area contributed by atoms with E-state index in [9.17, 15) is 19.5 Å². The van der Waals surface area contributed by atoms with E-state index in [1.54, 1.807) is 19.2 Å². The van der Waals surface area contributed by atoms with Gasteiger partial charge in [-0.15, -0.1) is 11.8 Å². The van der Waals surface area contributed by atoms with E-state index in [2.05, 4.69) is 0 Å². The number of thioether (sulfide) groups is 1. The third-order valence-electron chi connectivity index (χ3n) is 6.27. The monoisotopic (exact) mass is 468 g/mol. The van der Waals surface area contributed by atoms with Gasteiger partial charge in [-0.1, -0.05) is 48.0 Å². The van der Waals surface area contributed by atoms with E-state index in [-0.39, 0.29) is 6.61 Å². The second-order valence-electron chi connectivity index (χ2n) is 9.06. The molecule has 8 heteroatoms. The third kappa shape index (κ3) is 4.25. The van der Waals surface area contributed by atoms with Crippen LogP contribution in [0.15, 0.2) is 54.6 Å². The van der Waals surface area contributed by atoms with Crippen molar-refractivity contribution in [2.75, 3.05) is 11.9 Å². The number of aliphatic hydroxyl groups excluding tert-OH is 1. The molecule has 2 aromatic carbocycles. The van der Waals surface area contributed by atoms with Crippen LogP contribution in [0.2, 0.25) is 0 Å². The lowest BCUT2D eigenvalue weighted by molar-refractivity contribution is -0.173. The number of likely N-dealkylation sites (N-methyl/N-ethyl adjacent to an activating group) is 1. The van der Waals surface area contributed by atoms with E-state index in [4.69, 9.17) is 4.74 Å². The average molecular weight is 469 g/mol. The molecule has 2 aromatic rings. The Hall–Kier alpha value is -2.84. The minimum atomic E-state index is -1.49. The maximum atomic E-state index is 13.0. The zero-order valence-electron chi connectivity index (χ0n) is 19.1. The van der Waals surface area contributed by atoms with E-state index < -0.39 is 46.0 Å². The van der Waals surface area contributed by atoms with Crippen LogP contribution in [0.3, 0.4) is 0 Å². The number of ether oxygens (including phenoxy) is 1. The molecule has 4 rings (SSSR count). The van der Waals surface area contributed by atoms with Gasteiger partial charge < -0.3 is 19.6 Å². The number of aryl methyl sites for hydroxylation is 1. The molecule has 2 aliphatic rings. The van der Waals surface area contributed by atoms with Gasteiger partial charge in [0.1, 0.15) is 24.7 Å². The number of amides is 2. The maximum Gasteiger partial charge on any atom is 0.330 e. The van der Waals surface area contributed by atoms with Crippen LogP contribution in [0, 0.1) is 12.8 Å². The lowest BCUT2D eigenvalue weighted by Gasteiger charge is -2.45. The largest absolute Gasteiger partial charge is 0.459 e. The summed E-state index contributed by atoms with van der Waals surface area (Å²) in [5.74, 6) is -2.34. The molecule has 33 heavy (non-hydrogen) atoms. The Kier molecular flexibility index (Phi) is 6.24. The van der Waals surface area contributed by atoms with Gasteiger partial charge in [0.05, 0.1) is 5.37 Å². The van der Waals surface area contributed by atoms with Crippen LogP contribution in [0.5, 0.6) is 0 Å². The van der Waals surface area contributed by atoms with Crippen molar-refractivity contribution in [2.24, 2.45) is 5.92 Å². The van der Waals surface area contributed by atoms with Crippen molar-refractivity contribution < 1.29 is 24.2 Å². The molecule has 0 bridgehead atoms. The van der Waals surface area contributed by atoms with Gasteiger partial charge in [0.25, 0.3) is 5.91 Å².